The van der Waals surface area contributed by atoms with E-state index in [2.05, 4.69) is 0 Å². The molecular formula is C30H3BF18. The van der Waals surface area contributed by atoms with Gasteiger partial charge in [0.2, 0.25) is 0 Å². The van der Waals surface area contributed by atoms with E-state index < -0.39 is 178 Å². The summed E-state index contributed by atoms with van der Waals surface area (Å²) in [6.07, 6.45) is 0. The Balaban J connectivity index is 2.05. The van der Waals surface area contributed by atoms with Crippen molar-refractivity contribution in [3.63, 3.8) is 0 Å². The molecule has 0 unspecified atom stereocenters. The first kappa shape index (κ1) is 33.8. The maximum Gasteiger partial charge on any atom is 0.255 e. The van der Waals surface area contributed by atoms with E-state index in [-0.39, 0.29) is 0 Å². The summed E-state index contributed by atoms with van der Waals surface area (Å²) in [6.45, 7) is -3.88. The van der Waals surface area contributed by atoms with Gasteiger partial charge in [-0.2, -0.15) is 0 Å². The third kappa shape index (κ3) is 4.46. The van der Waals surface area contributed by atoms with Crippen molar-refractivity contribution in [3.05, 3.63) is 123 Å². The number of benzene rings is 6. The highest BCUT2D eigenvalue weighted by Crippen LogP contribution is 2.34. The number of hydrogen-bond donors (Lipinski definition) is 0. The van der Waals surface area contributed by atoms with Crippen LogP contribution in [0.4, 0.5) is 79.0 Å². The molecule has 0 aromatic heterocycles. The molecule has 6 aromatic rings. The molecular weight excluding hydrogens is 713 g/mol. The fourth-order valence-electron chi connectivity index (χ4n) is 5.67. The first-order valence-electron chi connectivity index (χ1n) is 12.7. The van der Waals surface area contributed by atoms with Gasteiger partial charge < -0.3 is 0 Å². The van der Waals surface area contributed by atoms with E-state index in [0.717, 1.165) is 0 Å². The molecule has 0 bridgehead atoms. The highest BCUT2D eigenvalue weighted by atomic mass is 19.2. The second-order valence-corrected chi connectivity index (χ2v) is 10.2. The molecule has 0 spiro atoms. The van der Waals surface area contributed by atoms with Gasteiger partial charge in [-0.3, -0.25) is 0 Å². The zero-order chi connectivity index (χ0) is 36.3. The molecule has 49 heavy (non-hydrogen) atoms. The van der Waals surface area contributed by atoms with E-state index >= 15 is 39.5 Å². The molecule has 0 aliphatic heterocycles. The van der Waals surface area contributed by atoms with Gasteiger partial charge in [0.15, 0.2) is 105 Å². The number of hydrogen-bond acceptors (Lipinski definition) is 0. The zero-order valence-electron chi connectivity index (χ0n) is 22.6. The largest absolute Gasteiger partial charge is 0.255 e. The first-order valence-corrected chi connectivity index (χ1v) is 12.7. The second kappa shape index (κ2) is 11.2. The normalized spacial score (nSPS) is 11.9. The third-order valence-electron chi connectivity index (χ3n) is 7.74. The molecule has 6 aromatic carbocycles. The average Bonchev–Trinajstić information content (AvgIpc) is 3.06. The Kier molecular flexibility index (Phi) is 7.75. The van der Waals surface area contributed by atoms with Crippen LogP contribution in [0, 0.1) is 105 Å². The third-order valence-corrected chi connectivity index (χ3v) is 7.74. The lowest BCUT2D eigenvalue weighted by molar-refractivity contribution is 0.442. The minimum Gasteiger partial charge on any atom is -0.204 e. The molecule has 6 rings (SSSR count). The Hall–Kier alpha value is -5.10. The fourth-order valence-corrected chi connectivity index (χ4v) is 5.67. The Morgan fingerprint density at radius 1 is 0.245 bits per heavy atom. The SMILES string of the molecule is Fc1cc2c(F)c(F)c(F)c(B(c3c(F)c(F)c(F)c4cc(F)c(F)c(F)c34)c3c(F)c(F)c(F)c4cc(F)c(F)c(F)c34)c2c(F)c1F. The van der Waals surface area contributed by atoms with Crippen LogP contribution in [-0.2, 0) is 0 Å². The van der Waals surface area contributed by atoms with E-state index in [0.29, 0.717) is 0 Å². The highest BCUT2D eigenvalue weighted by Gasteiger charge is 2.43. The van der Waals surface area contributed by atoms with Crippen molar-refractivity contribution in [1.29, 1.82) is 0 Å². The van der Waals surface area contributed by atoms with Crippen LogP contribution in [0.15, 0.2) is 18.2 Å². The minimum absolute atomic E-state index is 0.406. The minimum atomic E-state index is -3.88. The van der Waals surface area contributed by atoms with E-state index in [9.17, 15) is 39.5 Å². The van der Waals surface area contributed by atoms with Gasteiger partial charge in [0.05, 0.1) is 0 Å². The lowest BCUT2D eigenvalue weighted by Gasteiger charge is -2.25. The summed E-state index contributed by atoms with van der Waals surface area (Å²) in [7, 11) is 0. The summed E-state index contributed by atoms with van der Waals surface area (Å²) in [6, 6.07) is -1.22. The maximum atomic E-state index is 15.9. The van der Waals surface area contributed by atoms with Gasteiger partial charge in [-0.25, -0.2) is 79.0 Å². The number of halogens is 18. The van der Waals surface area contributed by atoms with Crippen molar-refractivity contribution in [2.24, 2.45) is 0 Å². The van der Waals surface area contributed by atoms with Crippen LogP contribution in [0.3, 0.4) is 0 Å². The van der Waals surface area contributed by atoms with E-state index in [1.165, 1.54) is 0 Å². The summed E-state index contributed by atoms with van der Waals surface area (Å²) < 4.78 is 270. The van der Waals surface area contributed by atoms with Gasteiger partial charge in [0.1, 0.15) is 0 Å². The standard InChI is InChI=1S/C30H3BF18/c32-7-1-4-10(22(41)19(7)38)13(25(44)28(47)16(4)35)31(14-11-5(17(36)29(48)26(14)45)2-8(33)20(39)23(11)42)15-12-6(18(37)30(49)27(15)46)3-9(34)21(40)24(12)43/h1-3H. The first-order chi connectivity index (χ1) is 22.8. The molecule has 19 heteroatoms. The smallest absolute Gasteiger partial charge is 0.204 e. The van der Waals surface area contributed by atoms with Gasteiger partial charge >= 0.3 is 0 Å². The summed E-state index contributed by atoms with van der Waals surface area (Å²) in [5.74, 6) is -49.1. The van der Waals surface area contributed by atoms with Crippen molar-refractivity contribution in [2.75, 3.05) is 0 Å². The molecule has 0 fully saturated rings. The van der Waals surface area contributed by atoms with Crippen LogP contribution in [0.5, 0.6) is 0 Å². The van der Waals surface area contributed by atoms with Gasteiger partial charge in [0.25, 0.3) is 6.71 Å². The lowest BCUT2D eigenvalue weighted by Crippen LogP contribution is -2.58. The number of rotatable bonds is 3. The van der Waals surface area contributed by atoms with E-state index in [1.54, 1.807) is 0 Å². The van der Waals surface area contributed by atoms with Crippen molar-refractivity contribution < 1.29 is 79.0 Å². The molecule has 0 saturated heterocycles. The molecule has 0 radical (unpaired) electrons. The quantitative estimate of drug-likeness (QED) is 0.0986. The molecule has 0 heterocycles. The Morgan fingerprint density at radius 3 is 0.694 bits per heavy atom. The molecule has 252 valence electrons. The predicted molar refractivity (Wildman–Crippen MR) is 136 cm³/mol. The van der Waals surface area contributed by atoms with Crippen LogP contribution in [0.1, 0.15) is 0 Å². The van der Waals surface area contributed by atoms with Gasteiger partial charge in [-0.1, -0.05) is 0 Å². The van der Waals surface area contributed by atoms with Crippen molar-refractivity contribution in [2.45, 2.75) is 0 Å². The molecule has 0 aliphatic rings. The van der Waals surface area contributed by atoms with Crippen LogP contribution in [-0.4, -0.2) is 6.71 Å². The van der Waals surface area contributed by atoms with Crippen LogP contribution in [0.25, 0.3) is 32.3 Å². The van der Waals surface area contributed by atoms with Crippen LogP contribution >= 0.6 is 0 Å². The number of fused-ring (bicyclic) bond motifs is 3. The van der Waals surface area contributed by atoms with Gasteiger partial charge in [0, 0.05) is 32.3 Å². The molecule has 0 saturated carbocycles. The Morgan fingerprint density at radius 2 is 0.469 bits per heavy atom. The fraction of sp³-hybridized carbons (Fsp3) is 0. The summed E-state index contributed by atoms with van der Waals surface area (Å²) in [5, 5.41) is -12.2. The van der Waals surface area contributed by atoms with Crippen molar-refractivity contribution in [1.82, 2.24) is 0 Å². The summed E-state index contributed by atoms with van der Waals surface area (Å²) in [4.78, 5) is 0. The summed E-state index contributed by atoms with van der Waals surface area (Å²) in [5.41, 5.74) is -7.18. The molecule has 0 nitrogen and oxygen atoms in total. The lowest BCUT2D eigenvalue weighted by atomic mass is 9.34. The topological polar surface area (TPSA) is 0 Å². The monoisotopic (exact) mass is 716 g/mol. The molecule has 0 amide bonds. The van der Waals surface area contributed by atoms with Gasteiger partial charge in [-0.05, 0) is 34.6 Å². The second-order valence-electron chi connectivity index (χ2n) is 10.2. The zero-order valence-corrected chi connectivity index (χ0v) is 22.6. The van der Waals surface area contributed by atoms with Crippen LogP contribution < -0.4 is 16.4 Å². The van der Waals surface area contributed by atoms with Crippen LogP contribution in [0.2, 0.25) is 0 Å². The Bertz CT molecular complexity index is 2220. The molecule has 0 N–H and O–H groups in total. The molecule has 0 atom stereocenters. The molecule has 0 aliphatic carbocycles. The van der Waals surface area contributed by atoms with Crippen molar-refractivity contribution >= 4 is 55.4 Å². The maximum absolute atomic E-state index is 15.9. The highest BCUT2D eigenvalue weighted by molar-refractivity contribution is 6.99. The van der Waals surface area contributed by atoms with E-state index in [1.807, 2.05) is 0 Å². The average molecular weight is 716 g/mol. The predicted octanol–water partition coefficient (Wildman–Crippen LogP) is 8.17. The summed E-state index contributed by atoms with van der Waals surface area (Å²) >= 11 is 0. The van der Waals surface area contributed by atoms with Crippen molar-refractivity contribution in [3.8, 4) is 0 Å². The van der Waals surface area contributed by atoms with E-state index in [4.69, 9.17) is 0 Å². The van der Waals surface area contributed by atoms with Gasteiger partial charge in [-0.15, -0.1) is 0 Å². The Labute approximate surface area is 257 Å².